The maximum Gasteiger partial charge on any atom is 0.328 e. The Hall–Kier alpha value is -3.19. The first-order valence-corrected chi connectivity index (χ1v) is 11.7. The van der Waals surface area contributed by atoms with Crippen molar-refractivity contribution >= 4 is 6.72 Å². The second kappa shape index (κ2) is 13.4. The third kappa shape index (κ3) is 6.65. The maximum absolute atomic E-state index is 13.1. The summed E-state index contributed by atoms with van der Waals surface area (Å²) < 4.78 is 3.87. The predicted octanol–water partition coefficient (Wildman–Crippen LogP) is 4.48. The van der Waals surface area contributed by atoms with Crippen molar-refractivity contribution in [3.8, 4) is 11.1 Å². The van der Waals surface area contributed by atoms with Crippen molar-refractivity contribution in [2.75, 3.05) is 0 Å². The zero-order valence-corrected chi connectivity index (χ0v) is 20.2. The number of nitrogens with zero attached hydrogens (tertiary/aromatic N) is 4. The van der Waals surface area contributed by atoms with Crippen LogP contribution in [-0.2, 0) is 19.5 Å². The molecule has 0 aliphatic heterocycles. The molecule has 1 unspecified atom stereocenters. The summed E-state index contributed by atoms with van der Waals surface area (Å²) in [6.07, 6.45) is 11.0. The molecule has 0 aliphatic carbocycles. The van der Waals surface area contributed by atoms with Crippen LogP contribution >= 0.6 is 0 Å². The van der Waals surface area contributed by atoms with E-state index in [1.807, 2.05) is 21.4 Å². The number of aryl methyl sites for hydroxylation is 2. The second-order valence-electron chi connectivity index (χ2n) is 8.14. The molecule has 4 N–H and O–H groups in total. The summed E-state index contributed by atoms with van der Waals surface area (Å²) in [4.78, 5) is 17.4. The lowest BCUT2D eigenvalue weighted by Gasteiger charge is -2.17. The fourth-order valence-corrected chi connectivity index (χ4v) is 3.96. The van der Waals surface area contributed by atoms with Crippen molar-refractivity contribution in [3.63, 3.8) is 0 Å². The lowest BCUT2D eigenvalue weighted by atomic mass is 9.99. The number of pyridine rings is 1. The van der Waals surface area contributed by atoms with Gasteiger partial charge < -0.3 is 11.6 Å². The summed E-state index contributed by atoms with van der Waals surface area (Å²) in [5, 5.41) is 2.75. The van der Waals surface area contributed by atoms with E-state index >= 15 is 0 Å². The Morgan fingerprint density at radius 3 is 2.39 bits per heavy atom. The standard InChI is InChI=1S/C25H34N4O.CH4N2/c1-4-6-8-23-18-28(15-7-5-2)25(30)29(23)19(3)20-9-11-21(12-10-20)24-17-27-14-13-22(24)16-26;1-3-2/h9-14,17-19H,4-8,15-16,26H2,1-3H3;1-2H2. The Morgan fingerprint density at radius 1 is 1.12 bits per heavy atom. The number of hydrogen-bond acceptors (Lipinski definition) is 5. The molecule has 7 heteroatoms. The topological polar surface area (TPSA) is 104 Å². The molecule has 33 heavy (non-hydrogen) atoms. The third-order valence-corrected chi connectivity index (χ3v) is 5.83. The minimum absolute atomic E-state index is 0.0100. The van der Waals surface area contributed by atoms with Gasteiger partial charge in [0.1, 0.15) is 0 Å². The van der Waals surface area contributed by atoms with E-state index in [1.54, 1.807) is 6.20 Å². The lowest BCUT2D eigenvalue weighted by molar-refractivity contribution is 0.546. The van der Waals surface area contributed by atoms with Crippen LogP contribution in [0.1, 0.15) is 69.3 Å². The summed E-state index contributed by atoms with van der Waals surface area (Å²) in [5.74, 6) is 4.36. The molecule has 2 aromatic heterocycles. The Bertz CT molecular complexity index is 1050. The van der Waals surface area contributed by atoms with Gasteiger partial charge in [-0.15, -0.1) is 0 Å². The molecule has 1 aromatic carbocycles. The molecule has 2 heterocycles. The molecular weight excluding hydrogens is 412 g/mol. The molecule has 0 bridgehead atoms. The summed E-state index contributed by atoms with van der Waals surface area (Å²) in [6.45, 7) is 10.6. The van der Waals surface area contributed by atoms with Crippen LogP contribution in [0.25, 0.3) is 11.1 Å². The highest BCUT2D eigenvalue weighted by molar-refractivity contribution is 5.66. The zero-order valence-electron chi connectivity index (χ0n) is 20.2. The second-order valence-corrected chi connectivity index (χ2v) is 8.14. The van der Waals surface area contributed by atoms with Gasteiger partial charge in [0.15, 0.2) is 0 Å². The first kappa shape index (κ1) is 26.1. The van der Waals surface area contributed by atoms with Crippen LogP contribution in [0.4, 0.5) is 0 Å². The quantitative estimate of drug-likeness (QED) is 0.270. The molecule has 0 saturated heterocycles. The first-order valence-electron chi connectivity index (χ1n) is 11.7. The summed E-state index contributed by atoms with van der Waals surface area (Å²) in [6, 6.07) is 10.4. The van der Waals surface area contributed by atoms with Crippen LogP contribution in [0.5, 0.6) is 0 Å². The van der Waals surface area contributed by atoms with Crippen LogP contribution in [0.2, 0.25) is 0 Å². The van der Waals surface area contributed by atoms with Gasteiger partial charge in [-0.3, -0.25) is 14.1 Å². The van der Waals surface area contributed by atoms with Crippen molar-refractivity contribution in [1.82, 2.24) is 14.1 Å². The molecule has 1 atom stereocenters. The third-order valence-electron chi connectivity index (χ3n) is 5.83. The van der Waals surface area contributed by atoms with Crippen molar-refractivity contribution < 1.29 is 0 Å². The number of nitrogens with two attached hydrogens (primary N) is 2. The average molecular weight is 451 g/mol. The van der Waals surface area contributed by atoms with Crippen molar-refractivity contribution in [3.05, 3.63) is 76.2 Å². The van der Waals surface area contributed by atoms with Gasteiger partial charge in [-0.2, -0.15) is 5.10 Å². The number of hydrazone groups is 1. The van der Waals surface area contributed by atoms with Gasteiger partial charge in [0, 0.05) is 49.7 Å². The summed E-state index contributed by atoms with van der Waals surface area (Å²) >= 11 is 0. The Labute approximate surface area is 197 Å². The van der Waals surface area contributed by atoms with Gasteiger partial charge in [-0.25, -0.2) is 4.79 Å². The molecule has 0 aliphatic rings. The number of hydrogen-bond donors (Lipinski definition) is 2. The summed E-state index contributed by atoms with van der Waals surface area (Å²) in [5.41, 5.74) is 11.5. The van der Waals surface area contributed by atoms with Crippen LogP contribution in [0.15, 0.2) is 58.8 Å². The van der Waals surface area contributed by atoms with Crippen molar-refractivity contribution in [1.29, 1.82) is 0 Å². The van der Waals surface area contributed by atoms with Gasteiger partial charge >= 0.3 is 5.69 Å². The van der Waals surface area contributed by atoms with Crippen LogP contribution < -0.4 is 17.3 Å². The monoisotopic (exact) mass is 450 g/mol. The fraction of sp³-hybridized carbons (Fsp3) is 0.423. The number of unbranched alkanes of at least 4 members (excludes halogenated alkanes) is 2. The Kier molecular flexibility index (Phi) is 10.6. The molecule has 3 aromatic rings. The lowest BCUT2D eigenvalue weighted by Crippen LogP contribution is -2.28. The van der Waals surface area contributed by atoms with E-state index in [1.165, 1.54) is 0 Å². The highest BCUT2D eigenvalue weighted by Crippen LogP contribution is 2.26. The first-order chi connectivity index (χ1) is 16.0. The van der Waals surface area contributed by atoms with Crippen LogP contribution in [0.3, 0.4) is 0 Å². The average Bonchev–Trinajstić information content (AvgIpc) is 3.16. The largest absolute Gasteiger partial charge is 0.328 e. The molecule has 0 saturated carbocycles. The van der Waals surface area contributed by atoms with E-state index in [0.29, 0.717) is 6.54 Å². The molecule has 0 radical (unpaired) electrons. The van der Waals surface area contributed by atoms with E-state index in [-0.39, 0.29) is 11.7 Å². The zero-order chi connectivity index (χ0) is 24.2. The molecule has 3 rings (SSSR count). The molecule has 0 fully saturated rings. The number of imidazole rings is 1. The number of benzene rings is 1. The fourth-order valence-electron chi connectivity index (χ4n) is 3.96. The molecule has 0 amide bonds. The molecule has 0 spiro atoms. The van der Waals surface area contributed by atoms with Gasteiger partial charge in [0.25, 0.3) is 0 Å². The Morgan fingerprint density at radius 2 is 1.79 bits per heavy atom. The molecular formula is C26H38N6O. The predicted molar refractivity (Wildman–Crippen MR) is 137 cm³/mol. The van der Waals surface area contributed by atoms with E-state index in [9.17, 15) is 4.79 Å². The van der Waals surface area contributed by atoms with Crippen molar-refractivity contribution in [2.45, 2.75) is 72.0 Å². The van der Waals surface area contributed by atoms with E-state index in [2.05, 4.69) is 73.9 Å². The van der Waals surface area contributed by atoms with Crippen LogP contribution in [0, 0.1) is 0 Å². The summed E-state index contributed by atoms with van der Waals surface area (Å²) in [7, 11) is 0. The van der Waals surface area contributed by atoms with Gasteiger partial charge in [-0.05, 0) is 48.9 Å². The normalized spacial score (nSPS) is 11.5. The van der Waals surface area contributed by atoms with E-state index in [4.69, 9.17) is 5.73 Å². The SMILES string of the molecule is C=NN.CCCCc1cn(CCCC)c(=O)n1C(C)c1ccc(-c2cnccc2CN)cc1. The number of aromatic nitrogens is 3. The minimum Gasteiger partial charge on any atom is -0.326 e. The van der Waals surface area contributed by atoms with Crippen molar-refractivity contribution in [2.24, 2.45) is 16.7 Å². The van der Waals surface area contributed by atoms with Gasteiger partial charge in [0.05, 0.1) is 6.04 Å². The highest BCUT2D eigenvalue weighted by Gasteiger charge is 2.18. The number of rotatable bonds is 10. The highest BCUT2D eigenvalue weighted by atomic mass is 16.1. The Balaban J connectivity index is 0.00000122. The van der Waals surface area contributed by atoms with E-state index < -0.39 is 0 Å². The van der Waals surface area contributed by atoms with Crippen LogP contribution in [-0.4, -0.2) is 20.8 Å². The molecule has 178 valence electrons. The van der Waals surface area contributed by atoms with E-state index in [0.717, 1.165) is 66.6 Å². The smallest absolute Gasteiger partial charge is 0.326 e. The minimum atomic E-state index is -0.0100. The maximum atomic E-state index is 13.1. The van der Waals surface area contributed by atoms with Gasteiger partial charge in [-0.1, -0.05) is 51.0 Å². The molecule has 7 nitrogen and oxygen atoms in total. The van der Waals surface area contributed by atoms with Gasteiger partial charge in [0.2, 0.25) is 0 Å².